The van der Waals surface area contributed by atoms with Crippen LogP contribution in [0.15, 0.2) is 23.2 Å². The normalized spacial score (nSPS) is 12.3. The van der Waals surface area contributed by atoms with E-state index < -0.39 is 12.1 Å². The van der Waals surface area contributed by atoms with Gasteiger partial charge in [0, 0.05) is 11.1 Å². The van der Waals surface area contributed by atoms with Gasteiger partial charge < -0.3 is 10.8 Å². The molecule has 0 fully saturated rings. The van der Waals surface area contributed by atoms with Crippen LogP contribution in [0.25, 0.3) is 0 Å². The topological polar surface area (TPSA) is 76.2 Å². The van der Waals surface area contributed by atoms with E-state index >= 15 is 0 Å². The van der Waals surface area contributed by atoms with Crippen molar-refractivity contribution in [1.29, 1.82) is 0 Å². The minimum Gasteiger partial charge on any atom is -0.475 e. The van der Waals surface area contributed by atoms with E-state index in [-0.39, 0.29) is 5.37 Å². The molecule has 108 valence electrons. The van der Waals surface area contributed by atoms with Crippen LogP contribution in [0.5, 0.6) is 0 Å². The van der Waals surface area contributed by atoms with Gasteiger partial charge in [0.15, 0.2) is 0 Å². The van der Waals surface area contributed by atoms with Crippen LogP contribution in [0.4, 0.5) is 13.2 Å². The SMILES string of the molecule is CCSC(N)c1ncccc1S.O=C(O)C(F)(F)F. The zero-order chi connectivity index (χ0) is 15.1. The highest BCUT2D eigenvalue weighted by Crippen LogP contribution is 2.25. The first-order chi connectivity index (χ1) is 8.70. The average Bonchev–Trinajstić information content (AvgIpc) is 2.29. The summed E-state index contributed by atoms with van der Waals surface area (Å²) >= 11 is 5.94. The Labute approximate surface area is 118 Å². The molecule has 0 radical (unpaired) electrons. The first-order valence-corrected chi connectivity index (χ1v) is 6.50. The molecule has 0 saturated carbocycles. The molecule has 3 N–H and O–H groups in total. The fourth-order valence-corrected chi connectivity index (χ4v) is 1.96. The van der Waals surface area contributed by atoms with E-state index in [0.717, 1.165) is 16.3 Å². The molecule has 19 heavy (non-hydrogen) atoms. The van der Waals surface area contributed by atoms with Gasteiger partial charge in [-0.15, -0.1) is 24.4 Å². The number of alkyl halides is 3. The lowest BCUT2D eigenvalue weighted by Crippen LogP contribution is -2.21. The standard InChI is InChI=1S/C8H12N2S2.C2HF3O2/c1-2-12-8(9)7-6(11)4-3-5-10-7;3-2(4,5)1(6)7/h3-5,8,11H,2,9H2,1H3;(H,6,7). The zero-order valence-electron chi connectivity index (χ0n) is 9.89. The van der Waals surface area contributed by atoms with Crippen molar-refractivity contribution in [3.05, 3.63) is 24.0 Å². The third-order valence-corrected chi connectivity index (χ3v) is 2.97. The Morgan fingerprint density at radius 1 is 1.63 bits per heavy atom. The van der Waals surface area contributed by atoms with Crippen molar-refractivity contribution >= 4 is 30.4 Å². The van der Waals surface area contributed by atoms with Crippen molar-refractivity contribution in [2.24, 2.45) is 5.73 Å². The molecule has 0 aliphatic carbocycles. The van der Waals surface area contributed by atoms with Gasteiger partial charge in [-0.25, -0.2) is 4.79 Å². The Morgan fingerprint density at radius 3 is 2.53 bits per heavy atom. The van der Waals surface area contributed by atoms with Crippen molar-refractivity contribution in [2.75, 3.05) is 5.75 Å². The predicted octanol–water partition coefficient (Wildman–Crippen LogP) is 2.71. The quantitative estimate of drug-likeness (QED) is 0.591. The largest absolute Gasteiger partial charge is 0.490 e. The van der Waals surface area contributed by atoms with Gasteiger partial charge in [0.25, 0.3) is 0 Å². The molecule has 0 amide bonds. The molecular formula is C10H13F3N2O2S2. The van der Waals surface area contributed by atoms with Gasteiger partial charge >= 0.3 is 12.1 Å². The fraction of sp³-hybridized carbons (Fsp3) is 0.400. The third kappa shape index (κ3) is 7.28. The van der Waals surface area contributed by atoms with Gasteiger partial charge in [0.05, 0.1) is 11.1 Å². The Kier molecular flexibility index (Phi) is 7.88. The number of thiol groups is 1. The Bertz CT molecular complexity index is 416. The Morgan fingerprint density at radius 2 is 2.16 bits per heavy atom. The molecule has 0 aliphatic heterocycles. The highest BCUT2D eigenvalue weighted by atomic mass is 32.2. The van der Waals surface area contributed by atoms with Crippen LogP contribution < -0.4 is 5.73 Å². The summed E-state index contributed by atoms with van der Waals surface area (Å²) in [4.78, 5) is 13.9. The Balaban J connectivity index is 0.000000399. The van der Waals surface area contributed by atoms with Crippen LogP contribution in [-0.2, 0) is 4.79 Å². The van der Waals surface area contributed by atoms with Gasteiger partial charge in [-0.3, -0.25) is 4.98 Å². The van der Waals surface area contributed by atoms with Gasteiger partial charge in [-0.2, -0.15) is 13.2 Å². The minimum atomic E-state index is -5.08. The summed E-state index contributed by atoms with van der Waals surface area (Å²) in [7, 11) is 0. The molecule has 0 saturated heterocycles. The van der Waals surface area contributed by atoms with Crippen molar-refractivity contribution < 1.29 is 23.1 Å². The first-order valence-electron chi connectivity index (χ1n) is 5.01. The molecule has 1 heterocycles. The van der Waals surface area contributed by atoms with Crippen LogP contribution in [-0.4, -0.2) is 28.0 Å². The number of pyridine rings is 1. The predicted molar refractivity (Wildman–Crippen MR) is 70.2 cm³/mol. The van der Waals surface area contributed by atoms with E-state index in [2.05, 4.69) is 24.5 Å². The summed E-state index contributed by atoms with van der Waals surface area (Å²) in [5, 5.41) is 7.07. The van der Waals surface area contributed by atoms with E-state index in [1.165, 1.54) is 0 Å². The maximum absolute atomic E-state index is 10.6. The maximum Gasteiger partial charge on any atom is 0.490 e. The number of halogens is 3. The van der Waals surface area contributed by atoms with Crippen molar-refractivity contribution in [2.45, 2.75) is 23.4 Å². The molecule has 0 bridgehead atoms. The number of hydrogen-bond acceptors (Lipinski definition) is 5. The van der Waals surface area contributed by atoms with Crippen molar-refractivity contribution in [3.63, 3.8) is 0 Å². The number of aliphatic carboxylic acids is 1. The lowest BCUT2D eigenvalue weighted by atomic mass is 10.3. The van der Waals surface area contributed by atoms with E-state index in [4.69, 9.17) is 15.6 Å². The zero-order valence-corrected chi connectivity index (χ0v) is 11.6. The van der Waals surface area contributed by atoms with Crippen LogP contribution in [0.2, 0.25) is 0 Å². The minimum absolute atomic E-state index is 0.0521. The lowest BCUT2D eigenvalue weighted by Gasteiger charge is -2.10. The highest BCUT2D eigenvalue weighted by molar-refractivity contribution is 7.99. The number of carboxylic acid groups (broad SMARTS) is 1. The van der Waals surface area contributed by atoms with Gasteiger partial charge in [-0.1, -0.05) is 6.92 Å². The molecule has 0 aliphatic rings. The molecule has 1 aromatic rings. The lowest BCUT2D eigenvalue weighted by molar-refractivity contribution is -0.192. The number of carboxylic acids is 1. The Hall–Kier alpha value is -0.930. The number of carbonyl (C=O) groups is 1. The molecule has 1 atom stereocenters. The summed E-state index contributed by atoms with van der Waals surface area (Å²) in [6, 6.07) is 3.76. The molecule has 0 spiro atoms. The van der Waals surface area contributed by atoms with Gasteiger partial charge in [0.1, 0.15) is 0 Å². The second kappa shape index (κ2) is 8.28. The molecular weight excluding hydrogens is 301 g/mol. The van der Waals surface area contributed by atoms with E-state index in [9.17, 15) is 13.2 Å². The van der Waals surface area contributed by atoms with Crippen LogP contribution >= 0.6 is 24.4 Å². The summed E-state index contributed by atoms with van der Waals surface area (Å²) in [6.45, 7) is 2.08. The van der Waals surface area contributed by atoms with Crippen LogP contribution in [0, 0.1) is 0 Å². The van der Waals surface area contributed by atoms with Crippen LogP contribution in [0.3, 0.4) is 0 Å². The summed E-state index contributed by atoms with van der Waals surface area (Å²) in [5.41, 5.74) is 6.73. The highest BCUT2D eigenvalue weighted by Gasteiger charge is 2.38. The number of aromatic nitrogens is 1. The van der Waals surface area contributed by atoms with Crippen molar-refractivity contribution in [3.8, 4) is 0 Å². The molecule has 1 unspecified atom stereocenters. The van der Waals surface area contributed by atoms with E-state index in [0.29, 0.717) is 0 Å². The maximum atomic E-state index is 10.6. The average molecular weight is 314 g/mol. The summed E-state index contributed by atoms with van der Waals surface area (Å²) in [5.74, 6) is -1.77. The van der Waals surface area contributed by atoms with Gasteiger partial charge in [-0.05, 0) is 17.9 Å². The van der Waals surface area contributed by atoms with Crippen LogP contribution in [0.1, 0.15) is 18.0 Å². The third-order valence-electron chi connectivity index (χ3n) is 1.67. The van der Waals surface area contributed by atoms with E-state index in [1.807, 2.05) is 12.1 Å². The molecule has 9 heteroatoms. The fourth-order valence-electron chi connectivity index (χ4n) is 0.887. The number of thioether (sulfide) groups is 1. The van der Waals surface area contributed by atoms with E-state index in [1.54, 1.807) is 18.0 Å². The van der Waals surface area contributed by atoms with Gasteiger partial charge in [0.2, 0.25) is 0 Å². The molecule has 0 aromatic carbocycles. The molecule has 4 nitrogen and oxygen atoms in total. The molecule has 1 rings (SSSR count). The number of nitrogens with zero attached hydrogens (tertiary/aromatic N) is 1. The first kappa shape index (κ1) is 18.1. The molecule has 1 aromatic heterocycles. The second-order valence-corrected chi connectivity index (χ2v) is 4.99. The monoisotopic (exact) mass is 314 g/mol. The summed E-state index contributed by atoms with van der Waals surface area (Å²) < 4.78 is 31.7. The number of hydrogen-bond donors (Lipinski definition) is 3. The second-order valence-electron chi connectivity index (χ2n) is 3.09. The van der Waals surface area contributed by atoms with Crippen molar-refractivity contribution in [1.82, 2.24) is 4.98 Å². The summed E-state index contributed by atoms with van der Waals surface area (Å²) in [6.07, 6.45) is -3.34. The number of rotatable bonds is 3. The smallest absolute Gasteiger partial charge is 0.475 e. The number of nitrogens with two attached hydrogens (primary N) is 1.